The van der Waals surface area contributed by atoms with Crippen molar-refractivity contribution >= 4 is 10.2 Å². The van der Waals surface area contributed by atoms with Crippen molar-refractivity contribution in [2.45, 2.75) is 6.92 Å². The maximum absolute atomic E-state index is 3.59. The molecule has 0 unspecified atom stereocenters. The Balaban J connectivity index is 3.50. The van der Waals surface area contributed by atoms with Crippen molar-refractivity contribution in [1.82, 2.24) is 0 Å². The maximum Gasteiger partial charge on any atom is 0.0294 e. The maximum atomic E-state index is 3.59. The van der Waals surface area contributed by atoms with Crippen LogP contribution >= 0.6 is 0 Å². The lowest BCUT2D eigenvalue weighted by atomic mass is 10.4. The molecule has 6 heavy (non-hydrogen) atoms. The highest BCUT2D eigenvalue weighted by molar-refractivity contribution is 6.17. The van der Waals surface area contributed by atoms with E-state index < -0.39 is 0 Å². The van der Waals surface area contributed by atoms with Crippen LogP contribution in [-0.2, 0) is 0 Å². The highest BCUT2D eigenvalue weighted by atomic mass is 28.1. The Hall–Kier alpha value is -0.303. The first-order chi connectivity index (χ1) is 2.81. The van der Waals surface area contributed by atoms with Crippen molar-refractivity contribution in [2.75, 3.05) is 0 Å². The molecule has 0 saturated heterocycles. The van der Waals surface area contributed by atoms with E-state index in [0.29, 0.717) is 0 Å². The molecule has 1 heteroatoms. The highest BCUT2D eigenvalue weighted by Crippen LogP contribution is 1.85. The Bertz CT molecular complexity index is 72.0. The fourth-order valence-corrected chi connectivity index (χ4v) is 0.354. The van der Waals surface area contributed by atoms with Crippen LogP contribution in [0.4, 0.5) is 0 Å². The second kappa shape index (κ2) is 2.91. The normalized spacial score (nSPS) is 11.8. The van der Waals surface area contributed by atoms with Crippen molar-refractivity contribution in [3.63, 3.8) is 0 Å². The minimum absolute atomic E-state index is 1.15. The van der Waals surface area contributed by atoms with Gasteiger partial charge in [-0.05, 0) is 6.92 Å². The summed E-state index contributed by atoms with van der Waals surface area (Å²) in [6, 6.07) is 0. The van der Waals surface area contributed by atoms with Crippen molar-refractivity contribution in [2.24, 2.45) is 0 Å². The van der Waals surface area contributed by atoms with E-state index in [0.717, 1.165) is 10.2 Å². The van der Waals surface area contributed by atoms with Gasteiger partial charge in [0, 0.05) is 10.2 Å². The van der Waals surface area contributed by atoms with E-state index in [1.807, 2.05) is 6.08 Å². The van der Waals surface area contributed by atoms with E-state index in [4.69, 9.17) is 0 Å². The molecule has 0 saturated carbocycles. The van der Waals surface area contributed by atoms with Gasteiger partial charge < -0.3 is 0 Å². The summed E-state index contributed by atoms with van der Waals surface area (Å²) in [6.45, 7) is 5.64. The van der Waals surface area contributed by atoms with E-state index in [1.54, 1.807) is 0 Å². The standard InChI is InChI=1S/C5H10Si/c1-3-5(2)4-6/h3-4H,1H2,2,6H3. The largest absolute Gasteiger partial charge is 0.103 e. The smallest absolute Gasteiger partial charge is 0.0294 e. The molecule has 0 atom stereocenters. The van der Waals surface area contributed by atoms with Crippen molar-refractivity contribution in [3.8, 4) is 0 Å². The van der Waals surface area contributed by atoms with Crippen molar-refractivity contribution in [3.05, 3.63) is 23.9 Å². The molecule has 0 aromatic rings. The Morgan fingerprint density at radius 1 is 1.83 bits per heavy atom. The summed E-state index contributed by atoms with van der Waals surface area (Å²) in [6.07, 6.45) is 1.87. The molecule has 0 heterocycles. The summed E-state index contributed by atoms with van der Waals surface area (Å²) in [5, 5.41) is 0. The molecule has 0 radical (unpaired) electrons. The molecule has 0 N–H and O–H groups in total. The zero-order valence-corrected chi connectivity index (χ0v) is 6.36. The molecular formula is C5H10Si. The lowest BCUT2D eigenvalue weighted by Crippen LogP contribution is -1.61. The molecule has 0 rings (SSSR count). The lowest BCUT2D eigenvalue weighted by molar-refractivity contribution is 1.57. The van der Waals surface area contributed by atoms with Crippen LogP contribution in [0.1, 0.15) is 6.92 Å². The Kier molecular flexibility index (Phi) is 2.76. The number of allylic oxidation sites excluding steroid dienone is 2. The minimum atomic E-state index is 1.15. The first-order valence-corrected chi connectivity index (χ1v) is 3.22. The average Bonchev–Trinajstić information content (AvgIpc) is 1.65. The zero-order chi connectivity index (χ0) is 4.99. The Labute approximate surface area is 42.0 Å². The van der Waals surface area contributed by atoms with Gasteiger partial charge in [-0.2, -0.15) is 0 Å². The molecule has 0 spiro atoms. The Morgan fingerprint density at radius 3 is 2.33 bits per heavy atom. The summed E-state index contributed by atoms with van der Waals surface area (Å²) in [4.78, 5) is 0. The first kappa shape index (κ1) is 5.70. The predicted molar refractivity (Wildman–Crippen MR) is 33.9 cm³/mol. The Morgan fingerprint density at radius 2 is 2.33 bits per heavy atom. The number of rotatable bonds is 1. The van der Waals surface area contributed by atoms with Gasteiger partial charge >= 0.3 is 0 Å². The summed E-state index contributed by atoms with van der Waals surface area (Å²) in [5.74, 6) is 0. The van der Waals surface area contributed by atoms with E-state index in [2.05, 4.69) is 19.2 Å². The van der Waals surface area contributed by atoms with Crippen LogP contribution in [0.25, 0.3) is 0 Å². The molecule has 0 aliphatic rings. The summed E-state index contributed by atoms with van der Waals surface area (Å²) in [5.41, 5.74) is 3.45. The SMILES string of the molecule is C=CC(C)=C[SiH3]. The fraction of sp³-hybridized carbons (Fsp3) is 0.200. The van der Waals surface area contributed by atoms with Crippen molar-refractivity contribution in [1.29, 1.82) is 0 Å². The fourth-order valence-electron chi connectivity index (χ4n) is 0.118. The van der Waals surface area contributed by atoms with Gasteiger partial charge in [-0.15, -0.1) is 5.70 Å². The zero-order valence-electron chi connectivity index (χ0n) is 4.36. The third-order valence-corrected chi connectivity index (χ3v) is 1.69. The van der Waals surface area contributed by atoms with Crippen LogP contribution in [0, 0.1) is 0 Å². The summed E-state index contributed by atoms with van der Waals surface area (Å²) in [7, 11) is 1.15. The monoisotopic (exact) mass is 98.1 g/mol. The number of hydrogen-bond donors (Lipinski definition) is 0. The van der Waals surface area contributed by atoms with E-state index in [-0.39, 0.29) is 0 Å². The molecule has 0 amide bonds. The van der Waals surface area contributed by atoms with Gasteiger partial charge in [-0.1, -0.05) is 18.2 Å². The highest BCUT2D eigenvalue weighted by Gasteiger charge is 1.66. The predicted octanol–water partition coefficient (Wildman–Crippen LogP) is 0.442. The van der Waals surface area contributed by atoms with Crippen LogP contribution in [0.2, 0.25) is 0 Å². The van der Waals surface area contributed by atoms with Crippen LogP contribution in [0.15, 0.2) is 23.9 Å². The average molecular weight is 98.2 g/mol. The van der Waals surface area contributed by atoms with Gasteiger partial charge in [-0.25, -0.2) is 0 Å². The van der Waals surface area contributed by atoms with Crippen LogP contribution in [0.3, 0.4) is 0 Å². The first-order valence-electron chi connectivity index (χ1n) is 2.06. The number of hydrogen-bond acceptors (Lipinski definition) is 0. The van der Waals surface area contributed by atoms with Gasteiger partial charge in [0.15, 0.2) is 0 Å². The molecule has 0 nitrogen and oxygen atoms in total. The lowest BCUT2D eigenvalue weighted by Gasteiger charge is -1.78. The molecular weight excluding hydrogens is 88.1 g/mol. The summed E-state index contributed by atoms with van der Waals surface area (Å²) < 4.78 is 0. The third-order valence-electron chi connectivity index (χ3n) is 0.777. The topological polar surface area (TPSA) is 0 Å². The second-order valence-corrected chi connectivity index (χ2v) is 1.81. The summed E-state index contributed by atoms with van der Waals surface area (Å²) >= 11 is 0. The van der Waals surface area contributed by atoms with Gasteiger partial charge in [0.25, 0.3) is 0 Å². The van der Waals surface area contributed by atoms with Gasteiger partial charge in [0.1, 0.15) is 0 Å². The quantitative estimate of drug-likeness (QED) is 0.330. The van der Waals surface area contributed by atoms with Crippen LogP contribution < -0.4 is 0 Å². The van der Waals surface area contributed by atoms with E-state index in [1.165, 1.54) is 5.57 Å². The van der Waals surface area contributed by atoms with Gasteiger partial charge in [-0.3, -0.25) is 0 Å². The molecule has 0 aliphatic heterocycles. The third kappa shape index (κ3) is 1.97. The van der Waals surface area contributed by atoms with Crippen molar-refractivity contribution < 1.29 is 0 Å². The van der Waals surface area contributed by atoms with Gasteiger partial charge in [0.05, 0.1) is 0 Å². The molecule has 0 aromatic carbocycles. The minimum Gasteiger partial charge on any atom is -0.103 e. The molecule has 0 fully saturated rings. The molecule has 0 aliphatic carbocycles. The van der Waals surface area contributed by atoms with Crippen LogP contribution in [0.5, 0.6) is 0 Å². The molecule has 0 bridgehead atoms. The van der Waals surface area contributed by atoms with Gasteiger partial charge in [0.2, 0.25) is 0 Å². The molecule has 34 valence electrons. The van der Waals surface area contributed by atoms with Crippen LogP contribution in [-0.4, -0.2) is 10.2 Å². The molecule has 0 aromatic heterocycles. The van der Waals surface area contributed by atoms with E-state index in [9.17, 15) is 0 Å². The van der Waals surface area contributed by atoms with E-state index >= 15 is 0 Å². The second-order valence-electron chi connectivity index (χ2n) is 1.24.